The van der Waals surface area contributed by atoms with Crippen LogP contribution >= 0.6 is 0 Å². The Bertz CT molecular complexity index is 1070. The molecule has 5 heteroatoms. The third kappa shape index (κ3) is 3.28. The van der Waals surface area contributed by atoms with Crippen molar-refractivity contribution in [3.63, 3.8) is 0 Å². The summed E-state index contributed by atoms with van der Waals surface area (Å²) in [6, 6.07) is 11.9. The molecule has 0 fully saturated rings. The van der Waals surface area contributed by atoms with Gasteiger partial charge in [0, 0.05) is 22.7 Å². The van der Waals surface area contributed by atoms with Crippen molar-refractivity contribution in [2.75, 3.05) is 11.5 Å². The van der Waals surface area contributed by atoms with E-state index in [1.54, 1.807) is 11.2 Å². The van der Waals surface area contributed by atoms with Crippen molar-refractivity contribution >= 4 is 28.5 Å². The molecule has 1 amide bonds. The number of benzene rings is 2. The molecule has 28 heavy (non-hydrogen) atoms. The average molecular weight is 377 g/mol. The number of furan rings is 1. The lowest BCUT2D eigenvalue weighted by atomic mass is 10.0. The van der Waals surface area contributed by atoms with Gasteiger partial charge >= 0.3 is 5.97 Å². The van der Waals surface area contributed by atoms with Crippen molar-refractivity contribution in [3.05, 3.63) is 64.9 Å². The molecular weight excluding hydrogens is 354 g/mol. The van der Waals surface area contributed by atoms with Gasteiger partial charge in [0.1, 0.15) is 5.58 Å². The van der Waals surface area contributed by atoms with E-state index in [0.717, 1.165) is 45.3 Å². The summed E-state index contributed by atoms with van der Waals surface area (Å²) in [6.07, 6.45) is 2.48. The number of amides is 1. The third-order valence-corrected chi connectivity index (χ3v) is 5.44. The van der Waals surface area contributed by atoms with Crippen LogP contribution in [0.4, 0.5) is 5.69 Å². The number of fused-ring (bicyclic) bond motifs is 2. The monoisotopic (exact) mass is 377 g/mol. The van der Waals surface area contributed by atoms with Crippen LogP contribution < -0.4 is 4.90 Å². The Hall–Kier alpha value is -3.08. The largest absolute Gasteiger partial charge is 0.464 e. The molecule has 2 heterocycles. The molecule has 1 aliphatic rings. The Morgan fingerprint density at radius 1 is 1.18 bits per heavy atom. The number of hydrogen-bond acceptors (Lipinski definition) is 4. The van der Waals surface area contributed by atoms with Crippen LogP contribution in [-0.4, -0.2) is 24.5 Å². The smallest absolute Gasteiger partial charge is 0.310 e. The fourth-order valence-corrected chi connectivity index (χ4v) is 3.84. The lowest BCUT2D eigenvalue weighted by Crippen LogP contribution is -2.38. The quantitative estimate of drug-likeness (QED) is 0.642. The van der Waals surface area contributed by atoms with Crippen LogP contribution in [0.15, 0.2) is 47.1 Å². The van der Waals surface area contributed by atoms with Crippen molar-refractivity contribution in [1.29, 1.82) is 0 Å². The summed E-state index contributed by atoms with van der Waals surface area (Å²) >= 11 is 0. The van der Waals surface area contributed by atoms with E-state index in [9.17, 15) is 9.59 Å². The number of esters is 1. The SMILES string of the molecule is Cc1cc2occ(CC(=O)OCC(=O)N3c4ccccc4CC3C)c2cc1C. The third-order valence-electron chi connectivity index (χ3n) is 5.44. The molecular formula is C23H23NO4. The number of carbonyl (C=O) groups excluding carboxylic acids is 2. The van der Waals surface area contributed by atoms with Gasteiger partial charge in [0.25, 0.3) is 5.91 Å². The topological polar surface area (TPSA) is 59.8 Å². The molecule has 0 radical (unpaired) electrons. The van der Waals surface area contributed by atoms with E-state index in [2.05, 4.69) is 0 Å². The molecule has 0 N–H and O–H groups in total. The first kappa shape index (κ1) is 18.3. The average Bonchev–Trinajstić information content (AvgIpc) is 3.20. The number of anilines is 1. The zero-order valence-corrected chi connectivity index (χ0v) is 16.3. The molecule has 2 aromatic carbocycles. The highest BCUT2D eigenvalue weighted by molar-refractivity contribution is 5.98. The Morgan fingerprint density at radius 3 is 2.75 bits per heavy atom. The van der Waals surface area contributed by atoms with Gasteiger partial charge in [-0.15, -0.1) is 0 Å². The van der Waals surface area contributed by atoms with Gasteiger partial charge < -0.3 is 14.1 Å². The molecule has 1 aliphatic heterocycles. The van der Waals surface area contributed by atoms with Crippen molar-refractivity contribution in [2.24, 2.45) is 0 Å². The van der Waals surface area contributed by atoms with Gasteiger partial charge in [-0.3, -0.25) is 9.59 Å². The minimum absolute atomic E-state index is 0.0626. The molecule has 5 nitrogen and oxygen atoms in total. The Morgan fingerprint density at radius 2 is 1.93 bits per heavy atom. The summed E-state index contributed by atoms with van der Waals surface area (Å²) in [5, 5.41) is 0.911. The normalized spacial score (nSPS) is 15.7. The summed E-state index contributed by atoms with van der Waals surface area (Å²) in [6.45, 7) is 5.79. The predicted octanol–water partition coefficient (Wildman–Crippen LogP) is 4.11. The summed E-state index contributed by atoms with van der Waals surface area (Å²) in [5.41, 5.74) is 5.86. The molecule has 0 bridgehead atoms. The fraction of sp³-hybridized carbons (Fsp3) is 0.304. The second kappa shape index (κ2) is 7.15. The molecule has 0 saturated carbocycles. The van der Waals surface area contributed by atoms with E-state index in [1.807, 2.05) is 57.2 Å². The number of rotatable bonds is 4. The first-order chi connectivity index (χ1) is 13.4. The second-order valence-electron chi connectivity index (χ2n) is 7.48. The van der Waals surface area contributed by atoms with Gasteiger partial charge in [0.05, 0.1) is 12.7 Å². The summed E-state index contributed by atoms with van der Waals surface area (Å²) in [7, 11) is 0. The number of carbonyl (C=O) groups is 2. The molecule has 1 atom stereocenters. The minimum atomic E-state index is -0.436. The summed E-state index contributed by atoms with van der Waals surface area (Å²) < 4.78 is 10.8. The van der Waals surface area contributed by atoms with Crippen molar-refractivity contribution in [2.45, 2.75) is 39.7 Å². The maximum absolute atomic E-state index is 12.7. The molecule has 0 aliphatic carbocycles. The standard InChI is InChI=1S/C23H23NO4/c1-14-8-19-18(12-27-21(19)9-15(14)2)11-23(26)28-13-22(25)24-16(3)10-17-6-4-5-7-20(17)24/h4-9,12,16H,10-11,13H2,1-3H3. The lowest BCUT2D eigenvalue weighted by molar-refractivity contribution is -0.147. The number of para-hydroxylation sites is 1. The number of aryl methyl sites for hydroxylation is 2. The van der Waals surface area contributed by atoms with E-state index in [0.29, 0.717) is 0 Å². The Kier molecular flexibility index (Phi) is 4.67. The number of hydrogen-bond donors (Lipinski definition) is 0. The molecule has 144 valence electrons. The van der Waals surface area contributed by atoms with Gasteiger partial charge in [0.15, 0.2) is 6.61 Å². The maximum Gasteiger partial charge on any atom is 0.310 e. The molecule has 0 spiro atoms. The van der Waals surface area contributed by atoms with Crippen LogP contribution in [0, 0.1) is 13.8 Å². The van der Waals surface area contributed by atoms with Crippen molar-refractivity contribution in [3.8, 4) is 0 Å². The van der Waals surface area contributed by atoms with E-state index in [1.165, 1.54) is 0 Å². The first-order valence-corrected chi connectivity index (χ1v) is 9.47. The van der Waals surface area contributed by atoms with Crippen LogP contribution in [0.25, 0.3) is 11.0 Å². The number of nitrogens with zero attached hydrogens (tertiary/aromatic N) is 1. The lowest BCUT2D eigenvalue weighted by Gasteiger charge is -2.22. The molecule has 0 saturated heterocycles. The molecule has 1 unspecified atom stereocenters. The molecule has 1 aromatic heterocycles. The first-order valence-electron chi connectivity index (χ1n) is 9.47. The zero-order valence-electron chi connectivity index (χ0n) is 16.3. The molecule has 3 aromatic rings. The second-order valence-corrected chi connectivity index (χ2v) is 7.48. The number of ether oxygens (including phenoxy) is 1. The highest BCUT2D eigenvalue weighted by Crippen LogP contribution is 2.32. The van der Waals surface area contributed by atoms with Gasteiger partial charge in [-0.2, -0.15) is 0 Å². The van der Waals surface area contributed by atoms with E-state index in [4.69, 9.17) is 9.15 Å². The predicted molar refractivity (Wildman–Crippen MR) is 107 cm³/mol. The summed E-state index contributed by atoms with van der Waals surface area (Å²) in [4.78, 5) is 26.7. The highest BCUT2D eigenvalue weighted by atomic mass is 16.5. The van der Waals surface area contributed by atoms with Gasteiger partial charge in [-0.05, 0) is 62.1 Å². The maximum atomic E-state index is 12.7. The van der Waals surface area contributed by atoms with Gasteiger partial charge in [-0.1, -0.05) is 18.2 Å². The van der Waals surface area contributed by atoms with Gasteiger partial charge in [-0.25, -0.2) is 0 Å². The van der Waals surface area contributed by atoms with Crippen LogP contribution in [0.3, 0.4) is 0 Å². The Labute approximate surface area is 163 Å². The zero-order chi connectivity index (χ0) is 19.8. The summed E-state index contributed by atoms with van der Waals surface area (Å²) in [5.74, 6) is -0.635. The fourth-order valence-electron chi connectivity index (χ4n) is 3.84. The van der Waals surface area contributed by atoms with E-state index >= 15 is 0 Å². The van der Waals surface area contributed by atoms with Crippen molar-refractivity contribution in [1.82, 2.24) is 0 Å². The van der Waals surface area contributed by atoms with Crippen LogP contribution in [-0.2, 0) is 27.2 Å². The van der Waals surface area contributed by atoms with Crippen LogP contribution in [0.5, 0.6) is 0 Å². The van der Waals surface area contributed by atoms with Crippen LogP contribution in [0.2, 0.25) is 0 Å². The molecule has 4 rings (SSSR count). The van der Waals surface area contributed by atoms with Crippen molar-refractivity contribution < 1.29 is 18.7 Å². The Balaban J connectivity index is 1.41. The minimum Gasteiger partial charge on any atom is -0.464 e. The van der Waals surface area contributed by atoms with E-state index in [-0.39, 0.29) is 25.0 Å². The van der Waals surface area contributed by atoms with E-state index < -0.39 is 5.97 Å². The van der Waals surface area contributed by atoms with Gasteiger partial charge in [0.2, 0.25) is 0 Å². The highest BCUT2D eigenvalue weighted by Gasteiger charge is 2.31. The van der Waals surface area contributed by atoms with Crippen LogP contribution in [0.1, 0.15) is 29.2 Å².